The molecule has 0 radical (unpaired) electrons. The number of para-hydroxylation sites is 1. The number of carbonyl (C=O) groups excluding carboxylic acids is 2. The third-order valence-electron chi connectivity index (χ3n) is 5.94. The van der Waals surface area contributed by atoms with Gasteiger partial charge in [-0.15, -0.1) is 0 Å². The van der Waals surface area contributed by atoms with Crippen LogP contribution in [-0.2, 0) is 0 Å². The Hall–Kier alpha value is -4.71. The van der Waals surface area contributed by atoms with E-state index < -0.39 is 24.0 Å². The van der Waals surface area contributed by atoms with Gasteiger partial charge in [0.2, 0.25) is 0 Å². The normalized spacial score (nSPS) is 13.1. The zero-order chi connectivity index (χ0) is 27.9. The van der Waals surface area contributed by atoms with Crippen molar-refractivity contribution >= 4 is 35.3 Å². The van der Waals surface area contributed by atoms with Crippen LogP contribution in [0.2, 0.25) is 0 Å². The number of pyridine rings is 1. The molecule has 2 N–H and O–H groups in total. The number of imide groups is 1. The van der Waals surface area contributed by atoms with Crippen LogP contribution in [0.15, 0.2) is 66.9 Å². The highest BCUT2D eigenvalue weighted by atomic mass is 19.1. The monoisotopic (exact) mass is 536 g/mol. The molecule has 2 heterocycles. The van der Waals surface area contributed by atoms with Crippen LogP contribution in [-0.4, -0.2) is 78.3 Å². The second-order valence-electron chi connectivity index (χ2n) is 9.04. The Morgan fingerprint density at radius 2 is 1.85 bits per heavy atom. The maximum Gasteiger partial charge on any atom is 0.413 e. The van der Waals surface area contributed by atoms with Gasteiger partial charge in [0.15, 0.2) is 11.6 Å². The van der Waals surface area contributed by atoms with Crippen LogP contribution >= 0.6 is 0 Å². The number of ether oxygens (including phenoxy) is 1. The third kappa shape index (κ3) is 6.79. The van der Waals surface area contributed by atoms with Crippen molar-refractivity contribution in [1.82, 2.24) is 14.8 Å². The molecule has 3 aromatic rings. The average molecular weight is 537 g/mol. The van der Waals surface area contributed by atoms with E-state index in [0.29, 0.717) is 25.2 Å². The lowest BCUT2D eigenvalue weighted by atomic mass is 10.3. The first kappa shape index (κ1) is 27.3. The Labute approximate surface area is 225 Å². The van der Waals surface area contributed by atoms with Crippen molar-refractivity contribution in [3.05, 3.63) is 72.7 Å². The molecule has 5 amide bonds. The predicted molar refractivity (Wildman–Crippen MR) is 144 cm³/mol. The van der Waals surface area contributed by atoms with E-state index in [1.54, 1.807) is 24.3 Å². The highest BCUT2D eigenvalue weighted by Crippen LogP contribution is 2.29. The molecule has 0 bridgehead atoms. The summed E-state index contributed by atoms with van der Waals surface area (Å²) in [6, 6.07) is 14.6. The highest BCUT2D eigenvalue weighted by Gasteiger charge is 2.34. The first-order chi connectivity index (χ1) is 18.7. The Morgan fingerprint density at radius 3 is 2.54 bits per heavy atom. The number of amides is 5. The predicted octanol–water partition coefficient (Wildman–Crippen LogP) is 4.92. The molecule has 1 aliphatic heterocycles. The van der Waals surface area contributed by atoms with Gasteiger partial charge < -0.3 is 20.1 Å². The molecule has 1 aromatic heterocycles. The van der Waals surface area contributed by atoms with Crippen LogP contribution in [0.1, 0.15) is 6.42 Å². The fourth-order valence-electron chi connectivity index (χ4n) is 4.02. The van der Waals surface area contributed by atoms with Crippen LogP contribution in [0.4, 0.5) is 36.0 Å². The van der Waals surface area contributed by atoms with Crippen molar-refractivity contribution in [3.8, 4) is 11.5 Å². The van der Waals surface area contributed by atoms with E-state index in [4.69, 9.17) is 4.74 Å². The van der Waals surface area contributed by atoms with Crippen molar-refractivity contribution in [2.24, 2.45) is 0 Å². The van der Waals surface area contributed by atoms with E-state index >= 15 is 0 Å². The molecule has 0 aliphatic carbocycles. The number of carbonyl (C=O) groups is 3. The minimum atomic E-state index is -1.16. The van der Waals surface area contributed by atoms with Gasteiger partial charge >= 0.3 is 18.2 Å². The number of urea groups is 2. The number of anilines is 3. The van der Waals surface area contributed by atoms with Crippen LogP contribution in [0, 0.1) is 5.82 Å². The molecule has 2 aromatic carbocycles. The number of nitrogens with zero attached hydrogens (tertiary/aromatic N) is 5. The number of halogens is 1. The summed E-state index contributed by atoms with van der Waals surface area (Å²) in [6.45, 7) is 1.47. The van der Waals surface area contributed by atoms with Gasteiger partial charge in [0, 0.05) is 42.8 Å². The summed E-state index contributed by atoms with van der Waals surface area (Å²) in [5.74, 6) is -0.542. The van der Waals surface area contributed by atoms with E-state index in [-0.39, 0.29) is 36.1 Å². The standard InChI is InChI=1S/C27H29FN6O5/c1-31(2)13-6-14-33(27(37)38)24-18-21(11-12-29-24)39-23-10-9-19(17-22(23)28)30-25(35)34-16-15-32(26(34)36)20-7-4-3-5-8-20/h3-5,7-12,17-18H,6,13-16H2,1-2H3,(H,30,35)(H,37,38). The molecule has 0 saturated carbocycles. The van der Waals surface area contributed by atoms with Gasteiger partial charge in [-0.2, -0.15) is 0 Å². The molecule has 39 heavy (non-hydrogen) atoms. The van der Waals surface area contributed by atoms with Gasteiger partial charge in [-0.1, -0.05) is 18.2 Å². The lowest BCUT2D eigenvalue weighted by molar-refractivity contribution is 0.201. The highest BCUT2D eigenvalue weighted by molar-refractivity contribution is 6.08. The number of hydrogen-bond donors (Lipinski definition) is 2. The Balaban J connectivity index is 1.40. The SMILES string of the molecule is CN(C)CCCN(C(=O)O)c1cc(Oc2ccc(NC(=O)N3CCN(c4ccccc4)C3=O)cc2F)ccn1. The molecule has 1 aliphatic rings. The zero-order valence-electron chi connectivity index (χ0n) is 21.6. The van der Waals surface area contributed by atoms with Gasteiger partial charge in [0.05, 0.1) is 6.54 Å². The number of nitrogens with one attached hydrogen (secondary N) is 1. The summed E-state index contributed by atoms with van der Waals surface area (Å²) >= 11 is 0. The van der Waals surface area contributed by atoms with Gasteiger partial charge in [-0.05, 0) is 57.4 Å². The van der Waals surface area contributed by atoms with E-state index in [9.17, 15) is 23.9 Å². The minimum Gasteiger partial charge on any atom is -0.465 e. The summed E-state index contributed by atoms with van der Waals surface area (Å²) < 4.78 is 20.5. The molecule has 0 unspecified atom stereocenters. The maximum absolute atomic E-state index is 14.9. The van der Waals surface area contributed by atoms with E-state index in [1.807, 2.05) is 25.1 Å². The topological polar surface area (TPSA) is 119 Å². The fourth-order valence-corrected chi connectivity index (χ4v) is 4.02. The zero-order valence-corrected chi connectivity index (χ0v) is 21.6. The number of aromatic nitrogens is 1. The molecular weight excluding hydrogens is 507 g/mol. The van der Waals surface area contributed by atoms with Crippen molar-refractivity contribution in [2.75, 3.05) is 55.4 Å². The first-order valence-electron chi connectivity index (χ1n) is 12.3. The van der Waals surface area contributed by atoms with E-state index in [0.717, 1.165) is 15.9 Å². The molecule has 0 atom stereocenters. The molecule has 0 spiro atoms. The molecule has 12 heteroatoms. The van der Waals surface area contributed by atoms with Crippen LogP contribution in [0.3, 0.4) is 0 Å². The number of carboxylic acid groups (broad SMARTS) is 1. The first-order valence-corrected chi connectivity index (χ1v) is 12.3. The van der Waals surface area contributed by atoms with E-state index in [2.05, 4.69) is 10.3 Å². The van der Waals surface area contributed by atoms with Crippen LogP contribution < -0.4 is 19.9 Å². The maximum atomic E-state index is 14.9. The minimum absolute atomic E-state index is 0.132. The van der Waals surface area contributed by atoms with Crippen LogP contribution in [0.5, 0.6) is 11.5 Å². The molecule has 204 valence electrons. The summed E-state index contributed by atoms with van der Waals surface area (Å²) in [5.41, 5.74) is 0.828. The van der Waals surface area contributed by atoms with Crippen LogP contribution in [0.25, 0.3) is 0 Å². The van der Waals surface area contributed by atoms with Gasteiger partial charge in [-0.25, -0.2) is 28.7 Å². The summed E-state index contributed by atoms with van der Waals surface area (Å²) in [7, 11) is 3.79. The summed E-state index contributed by atoms with van der Waals surface area (Å²) in [5, 5.41) is 12.1. The smallest absolute Gasteiger partial charge is 0.413 e. The van der Waals surface area contributed by atoms with Gasteiger partial charge in [-0.3, -0.25) is 9.80 Å². The largest absolute Gasteiger partial charge is 0.465 e. The fraction of sp³-hybridized carbons (Fsp3) is 0.259. The molecular formula is C27H29FN6O5. The Morgan fingerprint density at radius 1 is 1.08 bits per heavy atom. The average Bonchev–Trinajstić information content (AvgIpc) is 3.30. The number of rotatable bonds is 9. The third-order valence-corrected chi connectivity index (χ3v) is 5.94. The molecule has 4 rings (SSSR count). The van der Waals surface area contributed by atoms with Gasteiger partial charge in [0.25, 0.3) is 0 Å². The summed E-state index contributed by atoms with van der Waals surface area (Å²) in [4.78, 5) is 46.9. The van der Waals surface area contributed by atoms with E-state index in [1.165, 1.54) is 35.4 Å². The molecule has 1 saturated heterocycles. The number of hydrogen-bond acceptors (Lipinski definition) is 6. The second kappa shape index (κ2) is 12.2. The van der Waals surface area contributed by atoms with Crippen molar-refractivity contribution in [3.63, 3.8) is 0 Å². The number of benzene rings is 2. The van der Waals surface area contributed by atoms with Gasteiger partial charge in [0.1, 0.15) is 11.6 Å². The summed E-state index contributed by atoms with van der Waals surface area (Å²) in [6.07, 6.45) is 0.819. The second-order valence-corrected chi connectivity index (χ2v) is 9.04. The van der Waals surface area contributed by atoms with Crippen molar-refractivity contribution in [1.29, 1.82) is 0 Å². The molecule has 11 nitrogen and oxygen atoms in total. The lowest BCUT2D eigenvalue weighted by Crippen LogP contribution is -2.39. The van der Waals surface area contributed by atoms with Crippen molar-refractivity contribution < 1.29 is 28.6 Å². The Kier molecular flexibility index (Phi) is 8.56. The Bertz CT molecular complexity index is 1340. The molecule has 1 fully saturated rings. The lowest BCUT2D eigenvalue weighted by Gasteiger charge is -2.20. The van der Waals surface area contributed by atoms with Crippen molar-refractivity contribution in [2.45, 2.75) is 6.42 Å². The quantitative estimate of drug-likeness (QED) is 0.398.